The molecule has 1 amide bonds. The number of halogens is 1. The molecule has 1 heterocycles. The van der Waals surface area contributed by atoms with Crippen molar-refractivity contribution in [2.45, 2.75) is 38.8 Å². The summed E-state index contributed by atoms with van der Waals surface area (Å²) in [6.45, 7) is 3.44. The predicted octanol–water partition coefficient (Wildman–Crippen LogP) is 3.94. The summed E-state index contributed by atoms with van der Waals surface area (Å²) in [5, 5.41) is 9.26. The SMILES string of the molecule is Cc1cc(C(=O)N(C2CC2)C(C)C(=O)O)sc1-c1ccc(F)cc1. The Balaban J connectivity index is 1.92. The van der Waals surface area contributed by atoms with Gasteiger partial charge in [0.05, 0.1) is 4.88 Å². The normalized spacial score (nSPS) is 15.1. The van der Waals surface area contributed by atoms with E-state index in [0.717, 1.165) is 28.8 Å². The number of carboxylic acid groups (broad SMARTS) is 1. The third-order valence-corrected chi connectivity index (χ3v) is 5.46. The van der Waals surface area contributed by atoms with Crippen molar-refractivity contribution in [3.8, 4) is 10.4 Å². The number of carbonyl (C=O) groups excluding carboxylic acids is 1. The predicted molar refractivity (Wildman–Crippen MR) is 90.7 cm³/mol. The van der Waals surface area contributed by atoms with Crippen LogP contribution >= 0.6 is 11.3 Å². The van der Waals surface area contributed by atoms with Gasteiger partial charge in [0.1, 0.15) is 11.9 Å². The average Bonchev–Trinajstić information content (AvgIpc) is 3.29. The number of amides is 1. The number of aliphatic carboxylic acids is 1. The Morgan fingerprint density at radius 3 is 2.46 bits per heavy atom. The molecule has 1 aliphatic rings. The molecule has 1 unspecified atom stereocenters. The molecule has 1 aromatic heterocycles. The Kier molecular flexibility index (Phi) is 4.41. The lowest BCUT2D eigenvalue weighted by atomic mass is 10.1. The average molecular weight is 347 g/mol. The van der Waals surface area contributed by atoms with Gasteiger partial charge in [0, 0.05) is 10.9 Å². The molecule has 1 fully saturated rings. The quantitative estimate of drug-likeness (QED) is 0.891. The molecule has 2 aromatic rings. The first-order chi connectivity index (χ1) is 11.4. The Hall–Kier alpha value is -2.21. The molecule has 1 aromatic carbocycles. The van der Waals surface area contributed by atoms with Crippen LogP contribution in [0.3, 0.4) is 0 Å². The van der Waals surface area contributed by atoms with Crippen LogP contribution in [0.5, 0.6) is 0 Å². The van der Waals surface area contributed by atoms with Crippen molar-refractivity contribution in [1.29, 1.82) is 0 Å². The highest BCUT2D eigenvalue weighted by molar-refractivity contribution is 7.17. The fourth-order valence-corrected chi connectivity index (χ4v) is 3.85. The zero-order valence-electron chi connectivity index (χ0n) is 13.5. The van der Waals surface area contributed by atoms with Gasteiger partial charge in [-0.2, -0.15) is 0 Å². The maximum absolute atomic E-state index is 13.1. The number of aryl methyl sites for hydroxylation is 1. The lowest BCUT2D eigenvalue weighted by molar-refractivity contribution is -0.141. The van der Waals surface area contributed by atoms with Crippen LogP contribution in [-0.2, 0) is 4.79 Å². The van der Waals surface area contributed by atoms with Gasteiger partial charge in [-0.3, -0.25) is 4.79 Å². The summed E-state index contributed by atoms with van der Waals surface area (Å²) < 4.78 is 13.1. The number of carbonyl (C=O) groups is 2. The van der Waals surface area contributed by atoms with E-state index in [0.29, 0.717) is 4.88 Å². The van der Waals surface area contributed by atoms with Crippen molar-refractivity contribution in [3.05, 3.63) is 46.6 Å². The van der Waals surface area contributed by atoms with Crippen molar-refractivity contribution in [1.82, 2.24) is 4.90 Å². The molecule has 126 valence electrons. The van der Waals surface area contributed by atoms with Gasteiger partial charge in [0.2, 0.25) is 0 Å². The van der Waals surface area contributed by atoms with Gasteiger partial charge in [-0.15, -0.1) is 11.3 Å². The van der Waals surface area contributed by atoms with Crippen molar-refractivity contribution in [2.24, 2.45) is 0 Å². The van der Waals surface area contributed by atoms with Crippen molar-refractivity contribution >= 4 is 23.2 Å². The number of benzene rings is 1. The molecule has 4 nitrogen and oxygen atoms in total. The minimum atomic E-state index is -0.998. The van der Waals surface area contributed by atoms with Crippen LogP contribution in [0.4, 0.5) is 4.39 Å². The molecule has 0 radical (unpaired) electrons. The Bertz CT molecular complexity index is 780. The van der Waals surface area contributed by atoms with Crippen molar-refractivity contribution in [2.75, 3.05) is 0 Å². The lowest BCUT2D eigenvalue weighted by Gasteiger charge is -2.25. The molecule has 6 heteroatoms. The van der Waals surface area contributed by atoms with Gasteiger partial charge >= 0.3 is 5.97 Å². The zero-order chi connectivity index (χ0) is 17.4. The Labute approximate surface area is 143 Å². The Morgan fingerprint density at radius 1 is 1.29 bits per heavy atom. The van der Waals surface area contributed by atoms with E-state index in [9.17, 15) is 19.1 Å². The minimum absolute atomic E-state index is 0.0141. The van der Waals surface area contributed by atoms with Crippen molar-refractivity contribution < 1.29 is 19.1 Å². The van der Waals surface area contributed by atoms with E-state index in [1.54, 1.807) is 25.1 Å². The van der Waals surface area contributed by atoms with E-state index in [1.165, 1.54) is 28.4 Å². The minimum Gasteiger partial charge on any atom is -0.480 e. The number of thiophene rings is 1. The molecular formula is C18H18FNO3S. The largest absolute Gasteiger partial charge is 0.480 e. The van der Waals surface area contributed by atoms with E-state index in [1.807, 2.05) is 6.92 Å². The summed E-state index contributed by atoms with van der Waals surface area (Å²) in [4.78, 5) is 27.0. The molecule has 1 atom stereocenters. The van der Waals surface area contributed by atoms with Gasteiger partial charge < -0.3 is 10.0 Å². The van der Waals surface area contributed by atoms with Crippen LogP contribution in [0.1, 0.15) is 35.0 Å². The fourth-order valence-electron chi connectivity index (χ4n) is 2.73. The second kappa shape index (κ2) is 6.36. The third-order valence-electron chi connectivity index (χ3n) is 4.18. The van der Waals surface area contributed by atoms with Crippen LogP contribution in [0.25, 0.3) is 10.4 Å². The second-order valence-corrected chi connectivity index (χ2v) is 7.14. The molecule has 1 aliphatic carbocycles. The van der Waals surface area contributed by atoms with E-state index < -0.39 is 12.0 Å². The summed E-state index contributed by atoms with van der Waals surface area (Å²) in [5.74, 6) is -1.55. The molecule has 24 heavy (non-hydrogen) atoms. The highest BCUT2D eigenvalue weighted by atomic mass is 32.1. The molecular weight excluding hydrogens is 329 g/mol. The van der Waals surface area contributed by atoms with Crippen LogP contribution < -0.4 is 0 Å². The van der Waals surface area contributed by atoms with Crippen LogP contribution in [0, 0.1) is 12.7 Å². The topological polar surface area (TPSA) is 57.6 Å². The van der Waals surface area contributed by atoms with E-state index in [4.69, 9.17) is 0 Å². The standard InChI is InChI=1S/C18H18FNO3S/c1-10-9-15(24-16(10)12-3-5-13(19)6-4-12)17(21)20(14-7-8-14)11(2)18(22)23/h3-6,9,11,14H,7-8H2,1-2H3,(H,22,23). The molecule has 0 spiro atoms. The van der Waals surface area contributed by atoms with Crippen molar-refractivity contribution in [3.63, 3.8) is 0 Å². The summed E-state index contributed by atoms with van der Waals surface area (Å²) >= 11 is 1.32. The summed E-state index contributed by atoms with van der Waals surface area (Å²) in [5.41, 5.74) is 1.77. The van der Waals surface area contributed by atoms with Crippen LogP contribution in [0.15, 0.2) is 30.3 Å². The number of nitrogens with zero attached hydrogens (tertiary/aromatic N) is 1. The van der Waals surface area contributed by atoms with Gasteiger partial charge in [0.25, 0.3) is 5.91 Å². The number of hydrogen-bond donors (Lipinski definition) is 1. The van der Waals surface area contributed by atoms with E-state index in [2.05, 4.69) is 0 Å². The Morgan fingerprint density at radius 2 is 1.92 bits per heavy atom. The van der Waals surface area contributed by atoms with Gasteiger partial charge in [0.15, 0.2) is 0 Å². The molecule has 1 saturated carbocycles. The second-order valence-electron chi connectivity index (χ2n) is 6.09. The summed E-state index contributed by atoms with van der Waals surface area (Å²) in [6, 6.07) is 7.09. The molecule has 0 aliphatic heterocycles. The van der Waals surface area contributed by atoms with Gasteiger partial charge in [-0.1, -0.05) is 12.1 Å². The molecule has 1 N–H and O–H groups in total. The van der Waals surface area contributed by atoms with Crippen LogP contribution in [-0.4, -0.2) is 34.0 Å². The number of hydrogen-bond acceptors (Lipinski definition) is 3. The number of carboxylic acids is 1. The highest BCUT2D eigenvalue weighted by Crippen LogP contribution is 2.36. The fraction of sp³-hybridized carbons (Fsp3) is 0.333. The molecule has 0 bridgehead atoms. The summed E-state index contributed by atoms with van der Waals surface area (Å²) in [7, 11) is 0. The molecule has 0 saturated heterocycles. The highest BCUT2D eigenvalue weighted by Gasteiger charge is 2.39. The zero-order valence-corrected chi connectivity index (χ0v) is 14.3. The maximum atomic E-state index is 13.1. The number of rotatable bonds is 5. The molecule has 3 rings (SSSR count). The first-order valence-corrected chi connectivity index (χ1v) is 8.62. The maximum Gasteiger partial charge on any atom is 0.326 e. The van der Waals surface area contributed by atoms with E-state index in [-0.39, 0.29) is 17.8 Å². The third kappa shape index (κ3) is 3.19. The van der Waals surface area contributed by atoms with E-state index >= 15 is 0 Å². The van der Waals surface area contributed by atoms with Gasteiger partial charge in [-0.25, -0.2) is 9.18 Å². The van der Waals surface area contributed by atoms with Crippen LogP contribution in [0.2, 0.25) is 0 Å². The first-order valence-electron chi connectivity index (χ1n) is 7.80. The monoisotopic (exact) mass is 347 g/mol. The lowest BCUT2D eigenvalue weighted by Crippen LogP contribution is -2.44. The van der Waals surface area contributed by atoms with Gasteiger partial charge in [-0.05, 0) is 56.0 Å². The summed E-state index contributed by atoms with van der Waals surface area (Å²) in [6.07, 6.45) is 1.69. The smallest absolute Gasteiger partial charge is 0.326 e. The first kappa shape index (κ1) is 16.6.